The minimum atomic E-state index is -0.602. The van der Waals surface area contributed by atoms with Crippen molar-refractivity contribution in [2.75, 3.05) is 0 Å². The number of halogens is 3. The summed E-state index contributed by atoms with van der Waals surface area (Å²) in [5.41, 5.74) is 0. The van der Waals surface area contributed by atoms with Gasteiger partial charge in [-0.3, -0.25) is 0 Å². The van der Waals surface area contributed by atoms with E-state index in [0.717, 1.165) is 18.9 Å². The van der Waals surface area contributed by atoms with Crippen molar-refractivity contribution < 1.29 is 13.5 Å². The monoisotopic (exact) mass is 262 g/mol. The van der Waals surface area contributed by atoms with Crippen LogP contribution in [0.25, 0.3) is 0 Å². The minimum absolute atomic E-state index is 0.0839. The Balaban J connectivity index is 2.02. The van der Waals surface area contributed by atoms with E-state index < -0.39 is 11.6 Å². The summed E-state index contributed by atoms with van der Waals surface area (Å²) in [5, 5.41) is 0. The van der Waals surface area contributed by atoms with Crippen LogP contribution in [0.5, 0.6) is 5.75 Å². The lowest BCUT2D eigenvalue weighted by Crippen LogP contribution is -2.33. The SMILES string of the molecule is Fc1cc(F)cc(OC2CC(Br)C2)c1. The lowest BCUT2D eigenvalue weighted by molar-refractivity contribution is 0.127. The van der Waals surface area contributed by atoms with Crippen molar-refractivity contribution in [3.05, 3.63) is 29.8 Å². The number of rotatable bonds is 2. The van der Waals surface area contributed by atoms with Crippen molar-refractivity contribution in [2.45, 2.75) is 23.8 Å². The molecule has 1 fully saturated rings. The van der Waals surface area contributed by atoms with Gasteiger partial charge in [-0.05, 0) is 12.8 Å². The fraction of sp³-hybridized carbons (Fsp3) is 0.400. The fourth-order valence-electron chi connectivity index (χ4n) is 1.39. The van der Waals surface area contributed by atoms with Crippen LogP contribution in [0.3, 0.4) is 0 Å². The van der Waals surface area contributed by atoms with Crippen LogP contribution in [0.4, 0.5) is 8.78 Å². The Morgan fingerprint density at radius 1 is 1.14 bits per heavy atom. The molecule has 1 aliphatic carbocycles. The smallest absolute Gasteiger partial charge is 0.129 e. The van der Waals surface area contributed by atoms with Gasteiger partial charge in [-0.25, -0.2) is 8.78 Å². The van der Waals surface area contributed by atoms with Crippen LogP contribution < -0.4 is 4.74 Å². The highest BCUT2D eigenvalue weighted by molar-refractivity contribution is 9.09. The molecular formula is C10H9BrF2O. The molecule has 0 heterocycles. The summed E-state index contributed by atoms with van der Waals surface area (Å²) in [7, 11) is 0. The van der Waals surface area contributed by atoms with E-state index >= 15 is 0 Å². The number of hydrogen-bond acceptors (Lipinski definition) is 1. The second-order valence-electron chi connectivity index (χ2n) is 3.41. The highest BCUT2D eigenvalue weighted by Crippen LogP contribution is 2.31. The fourth-order valence-corrected chi connectivity index (χ4v) is 2.22. The molecule has 0 amide bonds. The molecule has 4 heteroatoms. The predicted octanol–water partition coefficient (Wildman–Crippen LogP) is 3.27. The maximum Gasteiger partial charge on any atom is 0.129 e. The summed E-state index contributed by atoms with van der Waals surface area (Å²) in [6.07, 6.45) is 1.86. The maximum atomic E-state index is 12.7. The Labute approximate surface area is 89.2 Å². The normalized spacial score (nSPS) is 25.6. The zero-order valence-electron chi connectivity index (χ0n) is 7.34. The van der Waals surface area contributed by atoms with Gasteiger partial charge in [0.2, 0.25) is 0 Å². The number of benzene rings is 1. The molecule has 1 aliphatic rings. The first-order chi connectivity index (χ1) is 6.63. The second-order valence-corrected chi connectivity index (χ2v) is 4.71. The number of ether oxygens (including phenoxy) is 1. The first-order valence-electron chi connectivity index (χ1n) is 4.40. The molecule has 2 rings (SSSR count). The molecule has 0 N–H and O–H groups in total. The van der Waals surface area contributed by atoms with Gasteiger partial charge >= 0.3 is 0 Å². The molecule has 0 unspecified atom stereocenters. The highest BCUT2D eigenvalue weighted by Gasteiger charge is 2.28. The number of hydrogen-bond donors (Lipinski definition) is 0. The third kappa shape index (κ3) is 2.23. The Kier molecular flexibility index (Phi) is 2.72. The van der Waals surface area contributed by atoms with Crippen molar-refractivity contribution >= 4 is 15.9 Å². The molecule has 1 aromatic rings. The van der Waals surface area contributed by atoms with Crippen molar-refractivity contribution in [1.29, 1.82) is 0 Å². The molecule has 0 bridgehead atoms. The highest BCUT2D eigenvalue weighted by atomic mass is 79.9. The van der Waals surface area contributed by atoms with Gasteiger partial charge in [0.05, 0.1) is 0 Å². The van der Waals surface area contributed by atoms with Crippen LogP contribution in [0.1, 0.15) is 12.8 Å². The third-order valence-corrected chi connectivity index (χ3v) is 2.92. The second kappa shape index (κ2) is 3.85. The summed E-state index contributed by atoms with van der Waals surface area (Å²) in [6.45, 7) is 0. The van der Waals surface area contributed by atoms with E-state index in [2.05, 4.69) is 15.9 Å². The van der Waals surface area contributed by atoms with Crippen LogP contribution >= 0.6 is 15.9 Å². The minimum Gasteiger partial charge on any atom is -0.490 e. The molecule has 1 aromatic carbocycles. The molecule has 0 aliphatic heterocycles. The van der Waals surface area contributed by atoms with Gasteiger partial charge in [-0.2, -0.15) is 0 Å². The van der Waals surface area contributed by atoms with Crippen LogP contribution in [0.15, 0.2) is 18.2 Å². The van der Waals surface area contributed by atoms with Crippen molar-refractivity contribution in [3.63, 3.8) is 0 Å². The van der Waals surface area contributed by atoms with E-state index in [-0.39, 0.29) is 11.9 Å². The summed E-state index contributed by atoms with van der Waals surface area (Å²) in [6, 6.07) is 3.23. The first kappa shape index (κ1) is 9.90. The molecular weight excluding hydrogens is 254 g/mol. The van der Waals surface area contributed by atoms with Crippen LogP contribution in [0, 0.1) is 11.6 Å². The average Bonchev–Trinajstić information content (AvgIpc) is 1.99. The molecule has 1 saturated carbocycles. The predicted molar refractivity (Wildman–Crippen MR) is 52.7 cm³/mol. The van der Waals surface area contributed by atoms with Crippen LogP contribution in [-0.2, 0) is 0 Å². The van der Waals surface area contributed by atoms with E-state index in [1.165, 1.54) is 12.1 Å². The van der Waals surface area contributed by atoms with E-state index in [9.17, 15) is 8.78 Å². The molecule has 0 aromatic heterocycles. The summed E-state index contributed by atoms with van der Waals surface area (Å²) >= 11 is 3.41. The molecule has 76 valence electrons. The summed E-state index contributed by atoms with van der Waals surface area (Å²) in [4.78, 5) is 0.478. The average molecular weight is 263 g/mol. The van der Waals surface area contributed by atoms with E-state index in [1.54, 1.807) is 0 Å². The van der Waals surface area contributed by atoms with Gasteiger partial charge in [0, 0.05) is 23.0 Å². The van der Waals surface area contributed by atoms with Crippen LogP contribution in [-0.4, -0.2) is 10.9 Å². The van der Waals surface area contributed by atoms with Gasteiger partial charge in [0.15, 0.2) is 0 Å². The molecule has 0 spiro atoms. The molecule has 0 saturated heterocycles. The Bertz CT molecular complexity index is 317. The van der Waals surface area contributed by atoms with Crippen molar-refractivity contribution in [1.82, 2.24) is 0 Å². The molecule has 0 atom stereocenters. The zero-order valence-corrected chi connectivity index (χ0v) is 8.93. The lowest BCUT2D eigenvalue weighted by atomic mass is 9.96. The standard InChI is InChI=1S/C10H9BrF2O/c11-6-1-9(2-6)14-10-4-7(12)3-8(13)5-10/h3-6,9H,1-2H2. The maximum absolute atomic E-state index is 12.7. The molecule has 14 heavy (non-hydrogen) atoms. The Morgan fingerprint density at radius 3 is 2.21 bits per heavy atom. The van der Waals surface area contributed by atoms with E-state index in [1.807, 2.05) is 0 Å². The largest absolute Gasteiger partial charge is 0.490 e. The first-order valence-corrected chi connectivity index (χ1v) is 5.32. The quantitative estimate of drug-likeness (QED) is 0.744. The Morgan fingerprint density at radius 2 is 1.71 bits per heavy atom. The van der Waals surface area contributed by atoms with Gasteiger partial charge in [-0.1, -0.05) is 15.9 Å². The van der Waals surface area contributed by atoms with Gasteiger partial charge < -0.3 is 4.74 Å². The van der Waals surface area contributed by atoms with Crippen molar-refractivity contribution in [3.8, 4) is 5.75 Å². The van der Waals surface area contributed by atoms with Gasteiger partial charge in [0.1, 0.15) is 23.5 Å². The summed E-state index contributed by atoms with van der Waals surface area (Å²) < 4.78 is 30.9. The number of alkyl halides is 1. The molecule has 1 nitrogen and oxygen atoms in total. The Hall–Kier alpha value is -0.640. The van der Waals surface area contributed by atoms with E-state index in [4.69, 9.17) is 4.74 Å². The topological polar surface area (TPSA) is 9.23 Å². The van der Waals surface area contributed by atoms with Gasteiger partial charge in [-0.15, -0.1) is 0 Å². The zero-order chi connectivity index (χ0) is 10.1. The van der Waals surface area contributed by atoms with Gasteiger partial charge in [0.25, 0.3) is 0 Å². The van der Waals surface area contributed by atoms with E-state index in [0.29, 0.717) is 4.83 Å². The third-order valence-electron chi connectivity index (χ3n) is 2.18. The van der Waals surface area contributed by atoms with Crippen molar-refractivity contribution in [2.24, 2.45) is 0 Å². The molecule has 0 radical (unpaired) electrons. The van der Waals surface area contributed by atoms with Crippen LogP contribution in [0.2, 0.25) is 0 Å². The summed E-state index contributed by atoms with van der Waals surface area (Å²) in [5.74, 6) is -0.934. The lowest BCUT2D eigenvalue weighted by Gasteiger charge is -2.31.